The van der Waals surface area contributed by atoms with Crippen LogP contribution in [0, 0.1) is 0 Å². The average molecular weight is 353 g/mol. The second-order valence-electron chi connectivity index (χ2n) is 6.51. The first-order valence-electron chi connectivity index (χ1n) is 8.84. The molecule has 0 aromatic heterocycles. The van der Waals surface area contributed by atoms with E-state index in [0.717, 1.165) is 11.1 Å². The van der Waals surface area contributed by atoms with Crippen molar-refractivity contribution in [1.29, 1.82) is 0 Å². The van der Waals surface area contributed by atoms with E-state index in [9.17, 15) is 9.59 Å². The third-order valence-electron chi connectivity index (χ3n) is 4.68. The lowest BCUT2D eigenvalue weighted by molar-refractivity contribution is -0.147. The van der Waals surface area contributed by atoms with Crippen LogP contribution < -0.4 is 0 Å². The van der Waals surface area contributed by atoms with Crippen molar-refractivity contribution in [2.45, 2.75) is 24.9 Å². The molecule has 1 unspecified atom stereocenters. The minimum absolute atomic E-state index is 0.0225. The molecule has 3 rings (SSSR count). The van der Waals surface area contributed by atoms with Gasteiger partial charge in [-0.25, -0.2) is 0 Å². The van der Waals surface area contributed by atoms with E-state index in [-0.39, 0.29) is 18.2 Å². The van der Waals surface area contributed by atoms with Crippen molar-refractivity contribution in [3.05, 3.63) is 71.8 Å². The van der Waals surface area contributed by atoms with Crippen molar-refractivity contribution >= 4 is 11.9 Å². The normalized spacial score (nSPS) is 17.3. The summed E-state index contributed by atoms with van der Waals surface area (Å²) in [6.45, 7) is 1.22. The molecule has 0 spiro atoms. The molecule has 2 aromatic rings. The van der Waals surface area contributed by atoms with Gasteiger partial charge in [0.15, 0.2) is 0 Å². The molecule has 136 valence electrons. The van der Waals surface area contributed by atoms with Crippen LogP contribution in [0.5, 0.6) is 0 Å². The van der Waals surface area contributed by atoms with Crippen molar-refractivity contribution in [3.63, 3.8) is 0 Å². The number of aliphatic carboxylic acids is 1. The molecule has 5 nitrogen and oxygen atoms in total. The zero-order valence-electron chi connectivity index (χ0n) is 14.6. The molecule has 1 aliphatic rings. The maximum absolute atomic E-state index is 12.9. The molecule has 0 aliphatic carbocycles. The summed E-state index contributed by atoms with van der Waals surface area (Å²) in [6.07, 6.45) is -0.157. The van der Waals surface area contributed by atoms with E-state index in [2.05, 4.69) is 0 Å². The molecule has 1 amide bonds. The minimum Gasteiger partial charge on any atom is -0.481 e. The first kappa shape index (κ1) is 18.1. The van der Waals surface area contributed by atoms with Gasteiger partial charge < -0.3 is 14.7 Å². The summed E-state index contributed by atoms with van der Waals surface area (Å²) in [5.74, 6) is -0.900. The van der Waals surface area contributed by atoms with Crippen molar-refractivity contribution in [2.24, 2.45) is 0 Å². The molecule has 1 atom stereocenters. The van der Waals surface area contributed by atoms with Gasteiger partial charge in [0.05, 0.1) is 19.1 Å². The van der Waals surface area contributed by atoms with Gasteiger partial charge >= 0.3 is 5.97 Å². The minimum atomic E-state index is -0.907. The number of morpholine rings is 1. The van der Waals surface area contributed by atoms with Crippen molar-refractivity contribution < 1.29 is 19.4 Å². The van der Waals surface area contributed by atoms with Crippen LogP contribution in [0.4, 0.5) is 0 Å². The Hall–Kier alpha value is -2.66. The second-order valence-corrected chi connectivity index (χ2v) is 6.51. The van der Waals surface area contributed by atoms with Gasteiger partial charge in [0.1, 0.15) is 0 Å². The number of carbonyl (C=O) groups is 2. The van der Waals surface area contributed by atoms with Crippen LogP contribution >= 0.6 is 0 Å². The average Bonchev–Trinajstić information content (AvgIpc) is 2.67. The lowest BCUT2D eigenvalue weighted by atomic mass is 9.88. The third kappa shape index (κ3) is 4.70. The Balaban J connectivity index is 1.74. The molecule has 1 aliphatic heterocycles. The molecule has 5 heteroatoms. The molecular formula is C21H23NO4. The Morgan fingerprint density at radius 3 is 2.15 bits per heavy atom. The first-order chi connectivity index (χ1) is 12.6. The first-order valence-corrected chi connectivity index (χ1v) is 8.84. The molecule has 1 N–H and O–H groups in total. The van der Waals surface area contributed by atoms with Gasteiger partial charge in [-0.3, -0.25) is 9.59 Å². The number of nitrogens with zero attached hydrogens (tertiary/aromatic N) is 1. The van der Waals surface area contributed by atoms with E-state index in [0.29, 0.717) is 26.1 Å². The Morgan fingerprint density at radius 2 is 1.62 bits per heavy atom. The van der Waals surface area contributed by atoms with Crippen LogP contribution in [0.25, 0.3) is 0 Å². The summed E-state index contributed by atoms with van der Waals surface area (Å²) < 4.78 is 5.47. The number of hydrogen-bond acceptors (Lipinski definition) is 3. The van der Waals surface area contributed by atoms with Gasteiger partial charge in [0, 0.05) is 25.4 Å². The van der Waals surface area contributed by atoms with Crippen LogP contribution in [-0.2, 0) is 14.3 Å². The number of hydrogen-bond donors (Lipinski definition) is 1. The van der Waals surface area contributed by atoms with Crippen molar-refractivity contribution in [3.8, 4) is 0 Å². The van der Waals surface area contributed by atoms with Gasteiger partial charge in [-0.15, -0.1) is 0 Å². The monoisotopic (exact) mass is 353 g/mol. The highest BCUT2D eigenvalue weighted by atomic mass is 16.5. The summed E-state index contributed by atoms with van der Waals surface area (Å²) in [4.78, 5) is 25.5. The molecule has 1 saturated heterocycles. The lowest BCUT2D eigenvalue weighted by Gasteiger charge is -2.33. The van der Waals surface area contributed by atoms with Crippen LogP contribution in [0.15, 0.2) is 60.7 Å². The fourth-order valence-corrected chi connectivity index (χ4v) is 3.37. The fraction of sp³-hybridized carbons (Fsp3) is 0.333. The van der Waals surface area contributed by atoms with Crippen LogP contribution in [-0.4, -0.2) is 47.7 Å². The van der Waals surface area contributed by atoms with Crippen LogP contribution in [0.1, 0.15) is 29.9 Å². The van der Waals surface area contributed by atoms with Gasteiger partial charge in [-0.05, 0) is 11.1 Å². The summed E-state index contributed by atoms with van der Waals surface area (Å²) in [5, 5.41) is 8.95. The Morgan fingerprint density at radius 1 is 1.04 bits per heavy atom. The third-order valence-corrected chi connectivity index (χ3v) is 4.68. The number of rotatable bonds is 6. The van der Waals surface area contributed by atoms with Gasteiger partial charge in [0.25, 0.3) is 0 Å². The molecule has 0 bridgehead atoms. The number of carboxylic acids is 1. The molecule has 0 saturated carbocycles. The van der Waals surface area contributed by atoms with Gasteiger partial charge in [-0.1, -0.05) is 60.7 Å². The quantitative estimate of drug-likeness (QED) is 0.867. The Kier molecular flexibility index (Phi) is 6.02. The predicted molar refractivity (Wildman–Crippen MR) is 97.9 cm³/mol. The molecule has 2 aromatic carbocycles. The summed E-state index contributed by atoms with van der Waals surface area (Å²) >= 11 is 0. The Bertz CT molecular complexity index is 693. The maximum Gasteiger partial charge on any atom is 0.306 e. The van der Waals surface area contributed by atoms with E-state index in [4.69, 9.17) is 9.84 Å². The van der Waals surface area contributed by atoms with Gasteiger partial charge in [0.2, 0.25) is 5.91 Å². The van der Waals surface area contributed by atoms with E-state index < -0.39 is 12.1 Å². The van der Waals surface area contributed by atoms with Gasteiger partial charge in [-0.2, -0.15) is 0 Å². The molecule has 1 fully saturated rings. The highest BCUT2D eigenvalue weighted by Crippen LogP contribution is 2.29. The van der Waals surface area contributed by atoms with E-state index >= 15 is 0 Å². The van der Waals surface area contributed by atoms with Crippen LogP contribution in [0.2, 0.25) is 0 Å². The van der Waals surface area contributed by atoms with E-state index in [1.807, 2.05) is 60.7 Å². The highest BCUT2D eigenvalue weighted by Gasteiger charge is 2.28. The SMILES string of the molecule is O=C(O)CC1CN(C(=O)CC(c2ccccc2)c2ccccc2)CCO1. The second kappa shape index (κ2) is 8.63. The fourth-order valence-electron chi connectivity index (χ4n) is 3.37. The molecule has 0 radical (unpaired) electrons. The largest absolute Gasteiger partial charge is 0.481 e. The van der Waals surface area contributed by atoms with Crippen LogP contribution in [0.3, 0.4) is 0 Å². The number of amides is 1. The number of benzene rings is 2. The summed E-state index contributed by atoms with van der Waals surface area (Å²) in [7, 11) is 0. The zero-order valence-corrected chi connectivity index (χ0v) is 14.6. The zero-order chi connectivity index (χ0) is 18.4. The molecule has 1 heterocycles. The van der Waals surface area contributed by atoms with Crippen molar-refractivity contribution in [1.82, 2.24) is 4.90 Å². The number of ether oxygens (including phenoxy) is 1. The topological polar surface area (TPSA) is 66.8 Å². The molecular weight excluding hydrogens is 330 g/mol. The molecule has 26 heavy (non-hydrogen) atoms. The van der Waals surface area contributed by atoms with E-state index in [1.165, 1.54) is 0 Å². The smallest absolute Gasteiger partial charge is 0.306 e. The number of carboxylic acid groups (broad SMARTS) is 1. The predicted octanol–water partition coefficient (Wildman–Crippen LogP) is 2.91. The maximum atomic E-state index is 12.9. The Labute approximate surface area is 153 Å². The standard InChI is InChI=1S/C21H23NO4/c23-20(22-11-12-26-18(15-22)13-21(24)25)14-19(16-7-3-1-4-8-16)17-9-5-2-6-10-17/h1-10,18-19H,11-15H2,(H,24,25). The summed E-state index contributed by atoms with van der Waals surface area (Å²) in [6, 6.07) is 20.0. The lowest BCUT2D eigenvalue weighted by Crippen LogP contribution is -2.46. The summed E-state index contributed by atoms with van der Waals surface area (Å²) in [5.41, 5.74) is 2.20. The number of carbonyl (C=O) groups excluding carboxylic acids is 1. The van der Waals surface area contributed by atoms with E-state index in [1.54, 1.807) is 4.90 Å². The highest BCUT2D eigenvalue weighted by molar-refractivity contribution is 5.78. The van der Waals surface area contributed by atoms with Crippen molar-refractivity contribution in [2.75, 3.05) is 19.7 Å².